The van der Waals surface area contributed by atoms with Crippen LogP contribution in [0.3, 0.4) is 0 Å². The summed E-state index contributed by atoms with van der Waals surface area (Å²) in [6.45, 7) is 0. The molecule has 0 aliphatic carbocycles. The lowest BCUT2D eigenvalue weighted by molar-refractivity contribution is 1.61. The summed E-state index contributed by atoms with van der Waals surface area (Å²) in [6.07, 6.45) is 0. The second kappa shape index (κ2) is 11.9. The number of hydrogen-bond acceptors (Lipinski definition) is 0. The van der Waals surface area contributed by atoms with Crippen LogP contribution < -0.4 is 15.6 Å². The fourth-order valence-electron chi connectivity index (χ4n) is 5.26. The van der Waals surface area contributed by atoms with Crippen LogP contribution in [0.1, 0.15) is 0 Å². The molecule has 0 spiro atoms. The van der Waals surface area contributed by atoms with Crippen molar-refractivity contribution in [2.45, 2.75) is 0 Å². The van der Waals surface area contributed by atoms with Gasteiger partial charge in [0.2, 0.25) is 7.38 Å². The minimum Gasteiger partial charge on any atom is -0.149 e. The van der Waals surface area contributed by atoms with Crippen LogP contribution in [0.4, 0.5) is 0 Å². The average Bonchev–Trinajstić information content (AvgIpc) is 3.01. The molecule has 200 valence electrons. The van der Waals surface area contributed by atoms with Crippen LogP contribution in [0.2, 0.25) is 15.1 Å². The van der Waals surface area contributed by atoms with E-state index in [9.17, 15) is 0 Å². The first-order chi connectivity index (χ1) is 19.9. The highest BCUT2D eigenvalue weighted by Gasteiger charge is 2.40. The van der Waals surface area contributed by atoms with Crippen molar-refractivity contribution in [3.63, 3.8) is 0 Å². The lowest BCUT2D eigenvalue weighted by atomic mass is 10.1. The molecule has 6 aromatic carbocycles. The van der Waals surface area contributed by atoms with E-state index in [1.807, 2.05) is 91.0 Å². The minimum absolute atomic E-state index is 0.620. The Morgan fingerprint density at radius 2 is 0.585 bits per heavy atom. The quantitative estimate of drug-likeness (QED) is 0.0981. The van der Waals surface area contributed by atoms with Gasteiger partial charge >= 0.3 is 0 Å². The molecule has 0 nitrogen and oxygen atoms in total. The first kappa shape index (κ1) is 27.8. The topological polar surface area (TPSA) is 0 Å². The average molecular weight is 626 g/mol. The molecule has 41 heavy (non-hydrogen) atoms. The van der Waals surface area contributed by atoms with Crippen molar-refractivity contribution in [2.24, 2.45) is 0 Å². The Bertz CT molecular complexity index is 1610. The minimum atomic E-state index is -3.25. The fraction of sp³-hybridized carbons (Fsp3) is 0. The summed E-state index contributed by atoms with van der Waals surface area (Å²) in [6, 6.07) is 49.0. The molecule has 0 radical (unpaired) electrons. The number of rotatable bonds is 6. The molecule has 5 heteroatoms. The van der Waals surface area contributed by atoms with Gasteiger partial charge in [-0.3, -0.25) is 0 Å². The van der Waals surface area contributed by atoms with E-state index in [1.54, 1.807) is 0 Å². The summed E-state index contributed by atoms with van der Waals surface area (Å²) in [5, 5.41) is 4.72. The smallest absolute Gasteiger partial charge is 0.149 e. The normalized spacial score (nSPS) is 11.4. The monoisotopic (exact) mass is 624 g/mol. The van der Waals surface area contributed by atoms with E-state index in [0.717, 1.165) is 48.9 Å². The molecule has 0 atom stereocenters. The van der Waals surface area contributed by atoms with Crippen LogP contribution in [0.25, 0.3) is 33.4 Å². The Balaban J connectivity index is 1.63. The molecule has 0 unspecified atom stereocenters. The van der Waals surface area contributed by atoms with E-state index in [1.165, 1.54) is 0 Å². The van der Waals surface area contributed by atoms with Crippen molar-refractivity contribution < 1.29 is 0 Å². The lowest BCUT2D eigenvalue weighted by Crippen LogP contribution is -2.63. The zero-order valence-corrected chi connectivity index (χ0v) is 25.9. The summed E-state index contributed by atoms with van der Waals surface area (Å²) in [5.74, 6) is 0. The van der Waals surface area contributed by atoms with Crippen molar-refractivity contribution in [3.05, 3.63) is 161 Å². The third-order valence-corrected chi connectivity index (χ3v) is 13.1. The van der Waals surface area contributed by atoms with Gasteiger partial charge in [0.15, 0.2) is 0 Å². The van der Waals surface area contributed by atoms with Gasteiger partial charge in [0.25, 0.3) is 0 Å². The Morgan fingerprint density at radius 3 is 0.854 bits per heavy atom. The molecular weight excluding hydrogens is 602 g/mol. The molecule has 0 amide bonds. The van der Waals surface area contributed by atoms with Gasteiger partial charge in [-0.15, -0.1) is 11.1 Å². The lowest BCUT2D eigenvalue weighted by Gasteiger charge is -2.29. The highest BCUT2D eigenvalue weighted by molar-refractivity contribution is 7.40. The largest absolute Gasteiger partial charge is 0.248 e. The molecule has 0 N–H and O–H groups in total. The first-order valence-electron chi connectivity index (χ1n) is 13.2. The Labute approximate surface area is 261 Å². The highest BCUT2D eigenvalue weighted by atomic mass is 35.6. The van der Waals surface area contributed by atoms with Gasteiger partial charge in [-0.1, -0.05) is 144 Å². The molecule has 0 saturated carbocycles. The highest BCUT2D eigenvalue weighted by Crippen LogP contribution is 2.29. The first-order valence-corrected chi connectivity index (χ1v) is 17.3. The van der Waals surface area contributed by atoms with Crippen LogP contribution >= 0.6 is 45.9 Å². The van der Waals surface area contributed by atoms with E-state index in [4.69, 9.17) is 45.9 Å². The van der Waals surface area contributed by atoms with Gasteiger partial charge < -0.3 is 0 Å². The van der Waals surface area contributed by atoms with Crippen molar-refractivity contribution in [1.82, 2.24) is 0 Å². The summed E-state index contributed by atoms with van der Waals surface area (Å²) in [4.78, 5) is 0. The van der Waals surface area contributed by atoms with Crippen molar-refractivity contribution in [2.75, 3.05) is 0 Å². The second-order valence-corrected chi connectivity index (χ2v) is 16.0. The van der Waals surface area contributed by atoms with Crippen LogP contribution in [-0.4, -0.2) is 7.38 Å². The zero-order valence-electron chi connectivity index (χ0n) is 21.9. The maximum Gasteiger partial charge on any atom is 0.248 e. The summed E-state index contributed by atoms with van der Waals surface area (Å²) in [7, 11) is -3.25. The van der Waals surface area contributed by atoms with Crippen LogP contribution in [0, 0.1) is 0 Å². The van der Waals surface area contributed by atoms with Crippen molar-refractivity contribution in [1.29, 1.82) is 0 Å². The Hall–Kier alpha value is -3.30. The molecule has 0 heterocycles. The second-order valence-electron chi connectivity index (χ2n) is 9.94. The number of halogens is 4. The molecule has 0 fully saturated rings. The van der Waals surface area contributed by atoms with E-state index in [2.05, 4.69) is 54.6 Å². The van der Waals surface area contributed by atoms with E-state index < -0.39 is 7.38 Å². The third kappa shape index (κ3) is 5.88. The van der Waals surface area contributed by atoms with Gasteiger partial charge in [0.1, 0.15) is 0 Å². The van der Waals surface area contributed by atoms with Crippen LogP contribution in [-0.2, 0) is 0 Å². The van der Waals surface area contributed by atoms with Gasteiger partial charge in [-0.25, -0.2) is 0 Å². The van der Waals surface area contributed by atoms with Gasteiger partial charge in [-0.2, -0.15) is 0 Å². The maximum atomic E-state index is 8.07. The Kier molecular flexibility index (Phi) is 8.08. The molecule has 0 bridgehead atoms. The third-order valence-electron chi connectivity index (χ3n) is 7.21. The standard InChI is InChI=1S/C36H24Cl4Si/c37-31-16-28(25-10-4-1-5-11-25)19-34(22-31)41(40,35-20-29(17-32(38)23-35)26-12-6-2-7-13-26)36-21-30(18-33(39)24-36)27-14-8-3-9-15-27/h1-24H. The predicted octanol–water partition coefficient (Wildman–Crippen LogP) is 9.85. The fourth-order valence-corrected chi connectivity index (χ4v) is 10.3. The molecule has 6 aromatic rings. The van der Waals surface area contributed by atoms with Gasteiger partial charge in [-0.05, 0) is 85.3 Å². The molecular formula is C36H24Cl4Si. The SMILES string of the molecule is Clc1cc(-c2ccccc2)cc([Si](Cl)(c2cc(Cl)cc(-c3ccccc3)c2)c2cc(Cl)cc(-c3ccccc3)c2)c1. The van der Waals surface area contributed by atoms with Crippen molar-refractivity contribution >= 4 is 68.8 Å². The molecule has 0 aliphatic rings. The summed E-state index contributed by atoms with van der Waals surface area (Å²) < 4.78 is 0. The maximum absolute atomic E-state index is 8.07. The number of benzene rings is 6. The van der Waals surface area contributed by atoms with E-state index in [-0.39, 0.29) is 0 Å². The summed E-state index contributed by atoms with van der Waals surface area (Å²) >= 11 is 28.5. The van der Waals surface area contributed by atoms with Gasteiger partial charge in [0, 0.05) is 15.1 Å². The van der Waals surface area contributed by atoms with Crippen LogP contribution in [0.5, 0.6) is 0 Å². The Morgan fingerprint density at radius 1 is 0.317 bits per heavy atom. The zero-order chi connectivity index (χ0) is 28.4. The van der Waals surface area contributed by atoms with E-state index in [0.29, 0.717) is 15.1 Å². The molecule has 0 saturated heterocycles. The molecule has 0 aliphatic heterocycles. The molecule has 0 aromatic heterocycles. The van der Waals surface area contributed by atoms with E-state index >= 15 is 0 Å². The summed E-state index contributed by atoms with van der Waals surface area (Å²) in [5.41, 5.74) is 6.20. The predicted molar refractivity (Wildman–Crippen MR) is 181 cm³/mol. The van der Waals surface area contributed by atoms with Crippen LogP contribution in [0.15, 0.2) is 146 Å². The molecule has 6 rings (SSSR count). The van der Waals surface area contributed by atoms with Crippen molar-refractivity contribution in [3.8, 4) is 33.4 Å². The van der Waals surface area contributed by atoms with Gasteiger partial charge in [0.05, 0.1) is 0 Å². The number of hydrogen-bond donors (Lipinski definition) is 0.